The van der Waals surface area contributed by atoms with Crippen molar-refractivity contribution in [1.29, 1.82) is 0 Å². The summed E-state index contributed by atoms with van der Waals surface area (Å²) < 4.78 is 13.3. The predicted octanol–water partition coefficient (Wildman–Crippen LogP) is 3.28. The van der Waals surface area contributed by atoms with Gasteiger partial charge in [0.15, 0.2) is 0 Å². The number of benzene rings is 1. The first-order valence-electron chi connectivity index (χ1n) is 3.61. The Bertz CT molecular complexity index is 394. The van der Waals surface area contributed by atoms with E-state index in [4.69, 9.17) is 11.6 Å². The molecule has 0 heterocycles. The van der Waals surface area contributed by atoms with E-state index >= 15 is 0 Å². The number of carbonyl (C=O) groups is 1. The fourth-order valence-corrected chi connectivity index (χ4v) is 1.18. The maximum Gasteiger partial charge on any atom is 0.266 e. The van der Waals surface area contributed by atoms with Crippen LogP contribution in [0.3, 0.4) is 0 Å². The Kier molecular flexibility index (Phi) is 3.66. The lowest BCUT2D eigenvalue weighted by molar-refractivity contribution is -0.112. The third-order valence-corrected chi connectivity index (χ3v) is 2.29. The molecule has 1 aromatic rings. The molecule has 0 radical (unpaired) electrons. The van der Waals surface area contributed by atoms with Crippen LogP contribution in [-0.2, 0) is 4.79 Å². The normalized spacial score (nSPS) is 9.64. The Hall–Kier alpha value is -0.870. The fourth-order valence-electron chi connectivity index (χ4n) is 0.783. The number of amides is 1. The van der Waals surface area contributed by atoms with Gasteiger partial charge < -0.3 is 5.32 Å². The highest BCUT2D eigenvalue weighted by atomic mass is 79.9. The Morgan fingerprint density at radius 2 is 2.21 bits per heavy atom. The van der Waals surface area contributed by atoms with Crippen LogP contribution in [-0.4, -0.2) is 5.91 Å². The highest BCUT2D eigenvalue weighted by molar-refractivity contribution is 9.10. The molecule has 0 spiro atoms. The SMILES string of the molecule is C=C(Cl)C(=O)Nc1cc(F)ccc1Br. The maximum atomic E-state index is 12.8. The number of anilines is 1. The zero-order valence-corrected chi connectivity index (χ0v) is 9.32. The first kappa shape index (κ1) is 11.2. The molecule has 5 heteroatoms. The Morgan fingerprint density at radius 3 is 2.79 bits per heavy atom. The zero-order chi connectivity index (χ0) is 10.7. The average Bonchev–Trinajstić information content (AvgIpc) is 2.11. The van der Waals surface area contributed by atoms with Crippen LogP contribution in [0.2, 0.25) is 0 Å². The van der Waals surface area contributed by atoms with E-state index in [0.717, 1.165) is 0 Å². The molecule has 1 N–H and O–H groups in total. The molecule has 0 saturated heterocycles. The summed E-state index contributed by atoms with van der Waals surface area (Å²) in [6, 6.07) is 3.94. The summed E-state index contributed by atoms with van der Waals surface area (Å²) >= 11 is 8.51. The third-order valence-electron chi connectivity index (χ3n) is 1.42. The van der Waals surface area contributed by atoms with Crippen LogP contribution in [0.4, 0.5) is 10.1 Å². The Labute approximate surface area is 93.9 Å². The molecule has 0 bridgehead atoms. The van der Waals surface area contributed by atoms with Crippen LogP contribution >= 0.6 is 27.5 Å². The summed E-state index contributed by atoms with van der Waals surface area (Å²) in [7, 11) is 0. The van der Waals surface area contributed by atoms with Crippen molar-refractivity contribution in [3.63, 3.8) is 0 Å². The summed E-state index contributed by atoms with van der Waals surface area (Å²) in [5.41, 5.74) is 0.316. The van der Waals surface area contributed by atoms with E-state index < -0.39 is 11.7 Å². The molecule has 1 amide bonds. The molecule has 1 rings (SSSR count). The minimum absolute atomic E-state index is 0.152. The van der Waals surface area contributed by atoms with Gasteiger partial charge in [0.05, 0.1) is 10.7 Å². The molecule has 74 valence electrons. The van der Waals surface area contributed by atoms with Crippen molar-refractivity contribution in [2.24, 2.45) is 0 Å². The van der Waals surface area contributed by atoms with Crippen molar-refractivity contribution >= 4 is 39.1 Å². The molecule has 1 aromatic carbocycles. The lowest BCUT2D eigenvalue weighted by Gasteiger charge is -2.05. The fraction of sp³-hybridized carbons (Fsp3) is 0. The van der Waals surface area contributed by atoms with Crippen LogP contribution < -0.4 is 5.32 Å². The summed E-state index contributed by atoms with van der Waals surface area (Å²) in [5, 5.41) is 2.24. The van der Waals surface area contributed by atoms with Crippen molar-refractivity contribution in [2.75, 3.05) is 5.32 Å². The van der Waals surface area contributed by atoms with Crippen molar-refractivity contribution in [3.8, 4) is 0 Å². The number of rotatable bonds is 2. The monoisotopic (exact) mass is 277 g/mol. The lowest BCUT2D eigenvalue weighted by Crippen LogP contribution is -2.11. The second kappa shape index (κ2) is 4.57. The molecule has 0 atom stereocenters. The van der Waals surface area contributed by atoms with Gasteiger partial charge in [-0.1, -0.05) is 18.2 Å². The molecular formula is C9H6BrClFNO. The molecule has 14 heavy (non-hydrogen) atoms. The van der Waals surface area contributed by atoms with Crippen molar-refractivity contribution in [1.82, 2.24) is 0 Å². The summed E-state index contributed by atoms with van der Waals surface area (Å²) in [6.45, 7) is 3.25. The van der Waals surface area contributed by atoms with Crippen LogP contribution in [0.1, 0.15) is 0 Å². The molecule has 0 aliphatic heterocycles. The smallest absolute Gasteiger partial charge is 0.266 e. The van der Waals surface area contributed by atoms with E-state index in [1.54, 1.807) is 0 Å². The third kappa shape index (κ3) is 2.82. The number of halogens is 3. The quantitative estimate of drug-likeness (QED) is 0.827. The second-order valence-corrected chi connectivity index (χ2v) is 3.79. The van der Waals surface area contributed by atoms with E-state index in [9.17, 15) is 9.18 Å². The molecule has 0 aliphatic carbocycles. The zero-order valence-electron chi connectivity index (χ0n) is 6.98. The molecule has 0 fully saturated rings. The number of nitrogens with one attached hydrogen (secondary N) is 1. The summed E-state index contributed by atoms with van der Waals surface area (Å²) in [5.74, 6) is -0.998. The first-order valence-corrected chi connectivity index (χ1v) is 4.78. The van der Waals surface area contributed by atoms with Gasteiger partial charge in [-0.2, -0.15) is 0 Å². The van der Waals surface area contributed by atoms with E-state index in [1.165, 1.54) is 18.2 Å². The number of carbonyl (C=O) groups excluding carboxylic acids is 1. The van der Waals surface area contributed by atoms with Gasteiger partial charge in [0, 0.05) is 4.47 Å². The van der Waals surface area contributed by atoms with Gasteiger partial charge in [0.2, 0.25) is 0 Å². The van der Waals surface area contributed by atoms with Gasteiger partial charge in [-0.15, -0.1) is 0 Å². The first-order chi connectivity index (χ1) is 6.50. The highest BCUT2D eigenvalue weighted by Gasteiger charge is 2.07. The second-order valence-electron chi connectivity index (χ2n) is 2.48. The van der Waals surface area contributed by atoms with Gasteiger partial charge in [-0.25, -0.2) is 4.39 Å². The van der Waals surface area contributed by atoms with Gasteiger partial charge >= 0.3 is 0 Å². The van der Waals surface area contributed by atoms with E-state index in [-0.39, 0.29) is 5.03 Å². The van der Waals surface area contributed by atoms with Gasteiger partial charge in [-0.3, -0.25) is 4.79 Å². The van der Waals surface area contributed by atoms with Crippen LogP contribution in [0.25, 0.3) is 0 Å². The molecule has 2 nitrogen and oxygen atoms in total. The topological polar surface area (TPSA) is 29.1 Å². The molecule has 0 saturated carbocycles. The molecule has 0 aliphatic rings. The lowest BCUT2D eigenvalue weighted by atomic mass is 10.3. The minimum Gasteiger partial charge on any atom is -0.320 e. The van der Waals surface area contributed by atoms with Gasteiger partial charge in [0.1, 0.15) is 5.82 Å². The predicted molar refractivity (Wildman–Crippen MR) is 57.7 cm³/mol. The van der Waals surface area contributed by atoms with Gasteiger partial charge in [-0.05, 0) is 34.1 Å². The van der Waals surface area contributed by atoms with E-state index in [1.807, 2.05) is 0 Å². The minimum atomic E-state index is -0.557. The van der Waals surface area contributed by atoms with Crippen molar-refractivity contribution in [2.45, 2.75) is 0 Å². The Balaban J connectivity index is 2.91. The van der Waals surface area contributed by atoms with Crippen molar-refractivity contribution < 1.29 is 9.18 Å². The average molecular weight is 279 g/mol. The standard InChI is InChI=1S/C9H6BrClFNO/c1-5(11)9(14)13-8-4-6(12)2-3-7(8)10/h2-4H,1H2,(H,13,14). The number of hydrogen-bond donors (Lipinski definition) is 1. The van der Waals surface area contributed by atoms with Crippen LogP contribution in [0.15, 0.2) is 34.3 Å². The van der Waals surface area contributed by atoms with E-state index in [0.29, 0.717) is 10.2 Å². The number of hydrogen-bond acceptors (Lipinski definition) is 1. The Morgan fingerprint density at radius 1 is 1.57 bits per heavy atom. The maximum absolute atomic E-state index is 12.8. The molecule has 0 unspecified atom stereocenters. The molecule has 0 aromatic heterocycles. The van der Waals surface area contributed by atoms with E-state index in [2.05, 4.69) is 27.8 Å². The van der Waals surface area contributed by atoms with Crippen molar-refractivity contribution in [3.05, 3.63) is 40.1 Å². The summed E-state index contributed by atoms with van der Waals surface area (Å²) in [4.78, 5) is 11.1. The van der Waals surface area contributed by atoms with Crippen LogP contribution in [0, 0.1) is 5.82 Å². The summed E-state index contributed by atoms with van der Waals surface area (Å²) in [6.07, 6.45) is 0. The van der Waals surface area contributed by atoms with Gasteiger partial charge in [0.25, 0.3) is 5.91 Å². The molecular weight excluding hydrogens is 272 g/mol. The largest absolute Gasteiger partial charge is 0.320 e. The van der Waals surface area contributed by atoms with Crippen LogP contribution in [0.5, 0.6) is 0 Å². The highest BCUT2D eigenvalue weighted by Crippen LogP contribution is 2.23.